The third-order valence-electron chi connectivity index (χ3n) is 4.46. The van der Waals surface area contributed by atoms with Crippen LogP contribution in [0.15, 0.2) is 17.7 Å². The van der Waals surface area contributed by atoms with Crippen molar-refractivity contribution >= 4 is 18.0 Å². The number of hydrogen-bond acceptors (Lipinski definition) is 7. The molecule has 1 aromatic rings. The van der Waals surface area contributed by atoms with Gasteiger partial charge in [-0.1, -0.05) is 13.8 Å². The Morgan fingerprint density at radius 1 is 1.11 bits per heavy atom. The van der Waals surface area contributed by atoms with Crippen LogP contribution in [0.3, 0.4) is 0 Å². The highest BCUT2D eigenvalue weighted by molar-refractivity contribution is 5.76. The minimum atomic E-state index is -0.953. The Hall–Kier alpha value is -2.70. The van der Waals surface area contributed by atoms with Gasteiger partial charge >= 0.3 is 11.9 Å². The number of esters is 2. The highest BCUT2D eigenvalue weighted by Crippen LogP contribution is 2.44. The predicted octanol–water partition coefficient (Wildman–Crippen LogP) is 3.59. The number of carbonyl (C=O) groups excluding carboxylic acids is 2. The predicted molar refractivity (Wildman–Crippen MR) is 103 cm³/mol. The van der Waals surface area contributed by atoms with E-state index in [1.165, 1.54) is 21.1 Å². The smallest absolute Gasteiger partial charge is 0.308 e. The fourth-order valence-electron chi connectivity index (χ4n) is 3.28. The molecule has 7 heteroatoms. The lowest BCUT2D eigenvalue weighted by atomic mass is 9.89. The number of carbonyl (C=O) groups is 2. The molecule has 0 N–H and O–H groups in total. The molecule has 0 saturated carbocycles. The van der Waals surface area contributed by atoms with Crippen LogP contribution in [0, 0.1) is 11.8 Å². The van der Waals surface area contributed by atoms with E-state index >= 15 is 0 Å². The van der Waals surface area contributed by atoms with Crippen LogP contribution in [0.4, 0.5) is 0 Å². The summed E-state index contributed by atoms with van der Waals surface area (Å²) in [5.41, 5.74) is 1.33. The van der Waals surface area contributed by atoms with E-state index in [4.69, 9.17) is 23.7 Å². The maximum absolute atomic E-state index is 12.3. The van der Waals surface area contributed by atoms with E-state index in [1.54, 1.807) is 19.2 Å². The summed E-state index contributed by atoms with van der Waals surface area (Å²) in [6, 6.07) is 3.49. The molecule has 0 radical (unpaired) electrons. The van der Waals surface area contributed by atoms with Crippen molar-refractivity contribution in [3.05, 3.63) is 23.3 Å². The van der Waals surface area contributed by atoms with Crippen molar-refractivity contribution in [2.75, 3.05) is 21.3 Å². The van der Waals surface area contributed by atoms with Gasteiger partial charge in [0.05, 0.1) is 32.8 Å². The average molecular weight is 392 g/mol. The van der Waals surface area contributed by atoms with E-state index in [0.717, 1.165) is 0 Å². The van der Waals surface area contributed by atoms with Gasteiger partial charge in [-0.2, -0.15) is 0 Å². The third-order valence-corrected chi connectivity index (χ3v) is 4.46. The van der Waals surface area contributed by atoms with E-state index in [1.807, 2.05) is 19.9 Å². The number of ether oxygens (including phenoxy) is 5. The zero-order chi connectivity index (χ0) is 20.8. The van der Waals surface area contributed by atoms with E-state index < -0.39 is 12.3 Å². The van der Waals surface area contributed by atoms with Gasteiger partial charge in [0.1, 0.15) is 5.75 Å². The molecule has 7 nitrogen and oxygen atoms in total. The number of fused-ring (bicyclic) bond motifs is 1. The Balaban J connectivity index is 2.49. The second-order valence-corrected chi connectivity index (χ2v) is 7.05. The average Bonchev–Trinajstić information content (AvgIpc) is 2.65. The van der Waals surface area contributed by atoms with Crippen molar-refractivity contribution in [2.24, 2.45) is 11.8 Å². The number of hydrogen-bond donors (Lipinski definition) is 0. The van der Waals surface area contributed by atoms with Gasteiger partial charge in [0.2, 0.25) is 0 Å². The number of methoxy groups -OCH3 is 3. The van der Waals surface area contributed by atoms with Crippen LogP contribution in [-0.2, 0) is 19.1 Å². The molecule has 1 aliphatic rings. The fraction of sp³-hybridized carbons (Fsp3) is 0.524. The van der Waals surface area contributed by atoms with E-state index in [-0.39, 0.29) is 11.9 Å². The largest absolute Gasteiger partial charge is 0.496 e. The van der Waals surface area contributed by atoms with Gasteiger partial charge in [-0.3, -0.25) is 9.59 Å². The standard InChI is InChI=1S/C21H28O7/c1-12(2)9-14(20(23)26-6)10-15-11-16-17(24-4)7-8-18(25-5)19(16)28-21(15)27-13(3)22/h7-8,11-12,14,21H,9-10H2,1-6H3/t14-,21?/m0/s1. The van der Waals surface area contributed by atoms with Gasteiger partial charge in [-0.15, -0.1) is 0 Å². The molecule has 1 unspecified atom stereocenters. The summed E-state index contributed by atoms with van der Waals surface area (Å²) in [5, 5.41) is 0. The van der Waals surface area contributed by atoms with Crippen LogP contribution >= 0.6 is 0 Å². The Bertz CT molecular complexity index is 751. The zero-order valence-electron chi connectivity index (χ0n) is 17.2. The first-order chi connectivity index (χ1) is 13.3. The highest BCUT2D eigenvalue weighted by atomic mass is 16.7. The Morgan fingerprint density at radius 2 is 1.75 bits per heavy atom. The molecule has 1 heterocycles. The summed E-state index contributed by atoms with van der Waals surface area (Å²) >= 11 is 0. The zero-order valence-corrected chi connectivity index (χ0v) is 17.2. The van der Waals surface area contributed by atoms with Crippen molar-refractivity contribution < 1.29 is 33.3 Å². The van der Waals surface area contributed by atoms with Gasteiger partial charge in [-0.05, 0) is 37.0 Å². The molecule has 2 atom stereocenters. The molecule has 1 aromatic carbocycles. The number of rotatable bonds is 8. The maximum atomic E-state index is 12.3. The summed E-state index contributed by atoms with van der Waals surface area (Å²) in [5.74, 6) is 0.636. The molecule has 154 valence electrons. The second-order valence-electron chi connectivity index (χ2n) is 7.05. The minimum Gasteiger partial charge on any atom is -0.496 e. The van der Waals surface area contributed by atoms with Crippen LogP contribution in [0.1, 0.15) is 39.2 Å². The molecule has 0 fully saturated rings. The fourth-order valence-corrected chi connectivity index (χ4v) is 3.28. The van der Waals surface area contributed by atoms with Crippen LogP contribution < -0.4 is 14.2 Å². The van der Waals surface area contributed by atoms with Crippen LogP contribution in [0.5, 0.6) is 17.2 Å². The molecule has 0 amide bonds. The van der Waals surface area contributed by atoms with Crippen molar-refractivity contribution in [1.82, 2.24) is 0 Å². The second kappa shape index (κ2) is 9.48. The van der Waals surface area contributed by atoms with Gasteiger partial charge in [-0.25, -0.2) is 0 Å². The molecular formula is C21H28O7. The first-order valence-electron chi connectivity index (χ1n) is 9.17. The molecule has 1 aliphatic heterocycles. The molecule has 28 heavy (non-hydrogen) atoms. The van der Waals surface area contributed by atoms with Crippen molar-refractivity contribution in [3.63, 3.8) is 0 Å². The van der Waals surface area contributed by atoms with Crippen LogP contribution in [0.2, 0.25) is 0 Å². The van der Waals surface area contributed by atoms with Crippen LogP contribution in [-0.4, -0.2) is 39.6 Å². The first kappa shape index (κ1) is 21.6. The van der Waals surface area contributed by atoms with Crippen LogP contribution in [0.25, 0.3) is 6.08 Å². The van der Waals surface area contributed by atoms with Crippen molar-refractivity contribution in [3.8, 4) is 17.2 Å². The van der Waals surface area contributed by atoms with E-state index in [9.17, 15) is 9.59 Å². The Labute approximate surface area is 165 Å². The highest BCUT2D eigenvalue weighted by Gasteiger charge is 2.33. The van der Waals surface area contributed by atoms with Gasteiger partial charge in [0.25, 0.3) is 6.29 Å². The molecular weight excluding hydrogens is 364 g/mol. The summed E-state index contributed by atoms with van der Waals surface area (Å²) in [6.45, 7) is 5.38. The lowest BCUT2D eigenvalue weighted by molar-refractivity contribution is -0.157. The SMILES string of the molecule is COC(=O)[C@H](CC1=Cc2c(OC)ccc(OC)c2OC1OC(C)=O)CC(C)C. The van der Waals surface area contributed by atoms with E-state index in [2.05, 4.69) is 0 Å². The third kappa shape index (κ3) is 4.97. The lowest BCUT2D eigenvalue weighted by Gasteiger charge is -2.30. The van der Waals surface area contributed by atoms with Crippen molar-refractivity contribution in [1.29, 1.82) is 0 Å². The summed E-state index contributed by atoms with van der Waals surface area (Å²) < 4.78 is 27.1. The quantitative estimate of drug-likeness (QED) is 0.625. The summed E-state index contributed by atoms with van der Waals surface area (Å²) in [4.78, 5) is 23.9. The Morgan fingerprint density at radius 3 is 2.29 bits per heavy atom. The Kier molecular flexibility index (Phi) is 7.31. The molecule has 0 bridgehead atoms. The summed E-state index contributed by atoms with van der Waals surface area (Å²) in [6.07, 6.45) is 1.86. The normalized spacial score (nSPS) is 16.4. The molecule has 0 spiro atoms. The summed E-state index contributed by atoms with van der Waals surface area (Å²) in [7, 11) is 4.46. The maximum Gasteiger partial charge on any atom is 0.308 e. The van der Waals surface area contributed by atoms with E-state index in [0.29, 0.717) is 47.1 Å². The first-order valence-corrected chi connectivity index (χ1v) is 9.17. The van der Waals surface area contributed by atoms with Gasteiger partial charge < -0.3 is 23.7 Å². The lowest BCUT2D eigenvalue weighted by Crippen LogP contribution is -2.31. The van der Waals surface area contributed by atoms with Gasteiger partial charge in [0.15, 0.2) is 11.5 Å². The van der Waals surface area contributed by atoms with Gasteiger partial charge in [0, 0.05) is 12.5 Å². The number of benzene rings is 1. The minimum absolute atomic E-state index is 0.295. The molecule has 0 aromatic heterocycles. The topological polar surface area (TPSA) is 80.3 Å². The molecule has 2 rings (SSSR count). The van der Waals surface area contributed by atoms with Crippen molar-refractivity contribution in [2.45, 2.75) is 39.9 Å². The molecule has 0 saturated heterocycles. The molecule has 0 aliphatic carbocycles. The monoisotopic (exact) mass is 392 g/mol.